The number of fused-ring (bicyclic) bond motifs is 1. The van der Waals surface area contributed by atoms with E-state index < -0.39 is 41.9 Å². The Bertz CT molecular complexity index is 1020. The molecule has 5 atom stereocenters. The topological polar surface area (TPSA) is 142 Å². The first-order valence-corrected chi connectivity index (χ1v) is 8.55. The first-order valence-electron chi connectivity index (χ1n) is 8.55. The van der Waals surface area contributed by atoms with Crippen LogP contribution >= 0.6 is 0 Å². The number of aromatic nitrogens is 4. The maximum absolute atomic E-state index is 13.5. The molecule has 2 aromatic heterocycles. The van der Waals surface area contributed by atoms with E-state index in [1.165, 1.54) is 18.7 Å². The Kier molecular flexibility index (Phi) is 4.67. The Morgan fingerprint density at radius 1 is 1.14 bits per heavy atom. The number of nitrogens with two attached hydrogens (primary N) is 1. The van der Waals surface area contributed by atoms with Crippen LogP contribution in [0.4, 0.5) is 14.6 Å². The Balaban J connectivity index is 1.65. The van der Waals surface area contributed by atoms with Crippen LogP contribution < -0.4 is 11.3 Å². The monoisotopic (exact) mass is 392 g/mol. The first-order chi connectivity index (χ1) is 13.4. The molecule has 1 aliphatic rings. The van der Waals surface area contributed by atoms with Crippen LogP contribution in [-0.4, -0.2) is 47.0 Å². The number of hydrogen-bond donors (Lipinski definition) is 5. The number of halogens is 2. The van der Waals surface area contributed by atoms with E-state index in [1.807, 2.05) is 0 Å². The van der Waals surface area contributed by atoms with E-state index >= 15 is 0 Å². The van der Waals surface area contributed by atoms with E-state index in [0.29, 0.717) is 17.0 Å². The number of hydrogen-bond acceptors (Lipinski definition) is 8. The van der Waals surface area contributed by atoms with Gasteiger partial charge in [0.1, 0.15) is 12.4 Å². The first kappa shape index (κ1) is 18.6. The van der Waals surface area contributed by atoms with Crippen molar-refractivity contribution in [1.29, 1.82) is 0 Å². The number of anilines is 1. The third-order valence-corrected chi connectivity index (χ3v) is 5.24. The maximum Gasteiger partial charge on any atom is 0.171 e. The van der Waals surface area contributed by atoms with Gasteiger partial charge in [-0.2, -0.15) is 0 Å². The van der Waals surface area contributed by atoms with Crippen LogP contribution in [0, 0.1) is 17.6 Å². The van der Waals surface area contributed by atoms with Gasteiger partial charge in [0.2, 0.25) is 0 Å². The van der Waals surface area contributed by atoms with Gasteiger partial charge in [-0.15, -0.1) is 0 Å². The molecule has 28 heavy (non-hydrogen) atoms. The lowest BCUT2D eigenvalue weighted by molar-refractivity contribution is -0.0265. The summed E-state index contributed by atoms with van der Waals surface area (Å²) >= 11 is 0. The molecule has 1 aliphatic carbocycles. The fourth-order valence-corrected chi connectivity index (χ4v) is 3.78. The van der Waals surface area contributed by atoms with Crippen LogP contribution in [0.5, 0.6) is 0 Å². The van der Waals surface area contributed by atoms with Crippen molar-refractivity contribution in [2.75, 3.05) is 5.43 Å². The average molecular weight is 392 g/mol. The fourth-order valence-electron chi connectivity index (χ4n) is 3.78. The largest absolute Gasteiger partial charge is 0.390 e. The molecular weight excluding hydrogens is 374 g/mol. The molecule has 1 unspecified atom stereocenters. The minimum absolute atomic E-state index is 0.114. The van der Waals surface area contributed by atoms with Gasteiger partial charge in [-0.25, -0.2) is 29.6 Å². The number of nitrogens with one attached hydrogen (secondary N) is 1. The van der Waals surface area contributed by atoms with Gasteiger partial charge < -0.3 is 25.3 Å². The van der Waals surface area contributed by atoms with Gasteiger partial charge in [0.25, 0.3) is 0 Å². The van der Waals surface area contributed by atoms with Crippen LogP contribution in [0.1, 0.15) is 24.1 Å². The lowest BCUT2D eigenvalue weighted by atomic mass is 9.92. The van der Waals surface area contributed by atoms with Crippen molar-refractivity contribution in [3.8, 4) is 0 Å². The lowest BCUT2D eigenvalue weighted by Crippen LogP contribution is -2.31. The molecule has 9 nitrogen and oxygen atoms in total. The third-order valence-electron chi connectivity index (χ3n) is 5.24. The molecule has 0 aliphatic heterocycles. The van der Waals surface area contributed by atoms with Gasteiger partial charge >= 0.3 is 0 Å². The van der Waals surface area contributed by atoms with E-state index in [9.17, 15) is 24.1 Å². The Hall–Kier alpha value is -2.73. The molecule has 0 bridgehead atoms. The number of nitrogens with zero attached hydrogens (tertiary/aromatic N) is 4. The molecule has 1 saturated carbocycles. The number of aliphatic hydroxyl groups excluding tert-OH is 3. The van der Waals surface area contributed by atoms with E-state index in [-0.39, 0.29) is 12.0 Å². The normalized spacial score (nSPS) is 25.9. The molecule has 4 rings (SSSR count). The van der Waals surface area contributed by atoms with Gasteiger partial charge in [-0.3, -0.25) is 0 Å². The Labute approximate surface area is 157 Å². The quantitative estimate of drug-likeness (QED) is 0.317. The number of imidazole rings is 1. The smallest absolute Gasteiger partial charge is 0.171 e. The van der Waals surface area contributed by atoms with Crippen LogP contribution in [0.25, 0.3) is 11.2 Å². The van der Waals surface area contributed by atoms with Gasteiger partial charge in [0, 0.05) is 5.92 Å². The van der Waals surface area contributed by atoms with Crippen molar-refractivity contribution in [3.05, 3.63) is 48.1 Å². The summed E-state index contributed by atoms with van der Waals surface area (Å²) in [6.07, 6.45) is -0.945. The Morgan fingerprint density at radius 2 is 1.93 bits per heavy atom. The van der Waals surface area contributed by atoms with Crippen molar-refractivity contribution in [1.82, 2.24) is 19.5 Å². The van der Waals surface area contributed by atoms with Crippen molar-refractivity contribution in [3.63, 3.8) is 0 Å². The predicted molar refractivity (Wildman–Crippen MR) is 93.6 cm³/mol. The summed E-state index contributed by atoms with van der Waals surface area (Å²) in [7, 11) is 0. The number of rotatable bonds is 4. The summed E-state index contributed by atoms with van der Waals surface area (Å²) in [5.74, 6) is 2.77. The van der Waals surface area contributed by atoms with E-state index in [0.717, 1.165) is 12.1 Å². The highest BCUT2D eigenvalue weighted by atomic mass is 19.2. The highest BCUT2D eigenvalue weighted by molar-refractivity contribution is 5.82. The molecule has 0 amide bonds. The summed E-state index contributed by atoms with van der Waals surface area (Å²) in [5, 5.41) is 31.6. The van der Waals surface area contributed by atoms with Crippen molar-refractivity contribution < 1.29 is 24.1 Å². The van der Waals surface area contributed by atoms with Crippen LogP contribution in [0.3, 0.4) is 0 Å². The van der Waals surface area contributed by atoms with Gasteiger partial charge in [0.15, 0.2) is 28.6 Å². The van der Waals surface area contributed by atoms with Gasteiger partial charge in [-0.1, -0.05) is 6.07 Å². The van der Waals surface area contributed by atoms with E-state index in [4.69, 9.17) is 5.84 Å². The van der Waals surface area contributed by atoms with Crippen LogP contribution in [-0.2, 0) is 0 Å². The lowest BCUT2D eigenvalue weighted by Gasteiger charge is -2.22. The highest BCUT2D eigenvalue weighted by Gasteiger charge is 2.46. The zero-order valence-corrected chi connectivity index (χ0v) is 14.4. The zero-order valence-electron chi connectivity index (χ0n) is 14.4. The molecule has 1 fully saturated rings. The molecular formula is C17H18F2N6O3. The van der Waals surface area contributed by atoms with Crippen LogP contribution in [0.15, 0.2) is 30.9 Å². The average Bonchev–Trinajstić information content (AvgIpc) is 3.25. The SMILES string of the molecule is NNc1ncnc2c1ncn2[C@@H]1C[C@H](C(O)c2ccc(F)c(F)c2)[C@@H](O)[C@H]1O. The Morgan fingerprint density at radius 3 is 2.64 bits per heavy atom. The molecule has 3 aromatic rings. The minimum Gasteiger partial charge on any atom is -0.390 e. The molecule has 1 aromatic carbocycles. The number of nitrogen functional groups attached to an aromatic ring is 1. The summed E-state index contributed by atoms with van der Waals surface area (Å²) in [6, 6.07) is 2.38. The maximum atomic E-state index is 13.5. The molecule has 6 N–H and O–H groups in total. The van der Waals surface area contributed by atoms with E-state index in [1.54, 1.807) is 4.57 Å². The molecule has 2 heterocycles. The van der Waals surface area contributed by atoms with Gasteiger partial charge in [0.05, 0.1) is 24.6 Å². The number of hydrazine groups is 1. The molecule has 148 valence electrons. The second kappa shape index (κ2) is 7.02. The van der Waals surface area contributed by atoms with E-state index in [2.05, 4.69) is 20.4 Å². The molecule has 0 spiro atoms. The van der Waals surface area contributed by atoms with Gasteiger partial charge in [-0.05, 0) is 24.1 Å². The number of benzene rings is 1. The number of aliphatic hydroxyl groups is 3. The standard InChI is InChI=1S/C17H18F2N6O3/c18-9-2-1-7(3-10(9)19)13(26)8-4-11(15(28)14(8)27)25-6-23-12-16(24-20)21-5-22-17(12)25/h1-3,5-6,8,11,13-15,26-28H,4,20H2,(H,21,22,24)/t8-,11-,13?,14-,15+/m1/s1. The summed E-state index contributed by atoms with van der Waals surface area (Å²) in [6.45, 7) is 0. The summed E-state index contributed by atoms with van der Waals surface area (Å²) in [5.41, 5.74) is 3.30. The highest BCUT2D eigenvalue weighted by Crippen LogP contribution is 2.43. The molecule has 0 saturated heterocycles. The minimum atomic E-state index is -1.30. The second-order valence-corrected chi connectivity index (χ2v) is 6.76. The van der Waals surface area contributed by atoms with Crippen LogP contribution in [0.2, 0.25) is 0 Å². The second-order valence-electron chi connectivity index (χ2n) is 6.76. The summed E-state index contributed by atoms with van der Waals surface area (Å²) < 4.78 is 28.2. The summed E-state index contributed by atoms with van der Waals surface area (Å²) in [4.78, 5) is 12.3. The van der Waals surface area contributed by atoms with Crippen molar-refractivity contribution in [2.24, 2.45) is 11.8 Å². The molecule has 0 radical (unpaired) electrons. The third kappa shape index (κ3) is 2.88. The molecule has 11 heteroatoms. The fraction of sp³-hybridized carbons (Fsp3) is 0.353. The predicted octanol–water partition coefficient (Wildman–Crippen LogP) is 0.406. The van der Waals surface area contributed by atoms with Crippen molar-refractivity contribution in [2.45, 2.75) is 30.8 Å². The van der Waals surface area contributed by atoms with Crippen molar-refractivity contribution >= 4 is 17.0 Å². The zero-order chi connectivity index (χ0) is 20.0.